The van der Waals surface area contributed by atoms with Crippen LogP contribution in [0, 0.1) is 0 Å². The van der Waals surface area contributed by atoms with Crippen LogP contribution in [0.2, 0.25) is 0 Å². The van der Waals surface area contributed by atoms with Crippen molar-refractivity contribution in [2.45, 2.75) is 9.79 Å². The molecule has 102 valence electrons. The lowest BCUT2D eigenvalue weighted by molar-refractivity contribution is -0.107. The number of nitrogen functional groups attached to an aromatic ring is 1. The number of carbonyl (C=O) groups excluding carboxylic acids is 2. The molecule has 5 heteroatoms. The van der Waals surface area contributed by atoms with Crippen LogP contribution in [0.15, 0.2) is 58.3 Å². The predicted molar refractivity (Wildman–Crippen MR) is 84.3 cm³/mol. The maximum absolute atomic E-state index is 12.0. The van der Waals surface area contributed by atoms with Crippen LogP contribution in [-0.4, -0.2) is 17.2 Å². The molecule has 2 aromatic rings. The van der Waals surface area contributed by atoms with Crippen molar-refractivity contribution in [2.75, 3.05) is 12.0 Å². The first kappa shape index (κ1) is 14.7. The molecule has 2 aromatic carbocycles. The van der Waals surface area contributed by atoms with Crippen LogP contribution in [-0.2, 0) is 4.79 Å². The van der Waals surface area contributed by atoms with Crippen molar-refractivity contribution in [1.82, 2.24) is 0 Å². The van der Waals surface area contributed by atoms with Crippen LogP contribution in [0.3, 0.4) is 0 Å². The number of rotatable bonds is 4. The summed E-state index contributed by atoms with van der Waals surface area (Å²) in [5.41, 5.74) is 6.47. The van der Waals surface area contributed by atoms with Gasteiger partial charge >= 0.3 is 0 Å². The lowest BCUT2D eigenvalue weighted by atomic mass is 10.1. The number of hydrogen-bond donors (Lipinski definition) is 1. The molecule has 0 aliphatic rings. The summed E-state index contributed by atoms with van der Waals surface area (Å²) in [6.07, 6.45) is 1.98. The molecule has 0 aliphatic heterocycles. The molecule has 0 unspecified atom stereocenters. The highest BCUT2D eigenvalue weighted by atomic mass is 32.2. The number of ketones is 1. The molecule has 0 radical (unpaired) electrons. The summed E-state index contributed by atoms with van der Waals surface area (Å²) < 4.78 is 0. The SMILES string of the molecule is CSc1ccc(SC(=O)C(=O)c2ccc(N)cc2)cc1. The van der Waals surface area contributed by atoms with Crippen LogP contribution < -0.4 is 5.73 Å². The quantitative estimate of drug-likeness (QED) is 0.405. The molecule has 20 heavy (non-hydrogen) atoms. The van der Waals surface area contributed by atoms with Gasteiger partial charge < -0.3 is 5.73 Å². The van der Waals surface area contributed by atoms with E-state index in [1.54, 1.807) is 36.0 Å². The Balaban J connectivity index is 2.07. The summed E-state index contributed by atoms with van der Waals surface area (Å²) in [6.45, 7) is 0. The monoisotopic (exact) mass is 303 g/mol. The van der Waals surface area contributed by atoms with Crippen molar-refractivity contribution >= 4 is 40.1 Å². The van der Waals surface area contributed by atoms with E-state index in [4.69, 9.17) is 5.73 Å². The molecule has 0 bridgehead atoms. The van der Waals surface area contributed by atoms with Crippen LogP contribution in [0.4, 0.5) is 5.69 Å². The second-order valence-corrected chi connectivity index (χ2v) is 5.94. The van der Waals surface area contributed by atoms with Crippen LogP contribution in [0.5, 0.6) is 0 Å². The fraction of sp³-hybridized carbons (Fsp3) is 0.0667. The standard InChI is InChI=1S/C15H13NO2S2/c1-19-12-6-8-13(9-7-12)20-15(18)14(17)10-2-4-11(16)5-3-10/h2-9H,16H2,1H3. The lowest BCUT2D eigenvalue weighted by Gasteiger charge is -2.02. The van der Waals surface area contributed by atoms with Crippen molar-refractivity contribution < 1.29 is 9.59 Å². The largest absolute Gasteiger partial charge is 0.399 e. The van der Waals surface area contributed by atoms with Crippen molar-refractivity contribution in [1.29, 1.82) is 0 Å². The second-order valence-electron chi connectivity index (χ2n) is 4.02. The summed E-state index contributed by atoms with van der Waals surface area (Å²) in [6, 6.07) is 13.9. The average molecular weight is 303 g/mol. The summed E-state index contributed by atoms with van der Waals surface area (Å²) in [5.74, 6) is -0.510. The number of Topliss-reactive ketones (excluding diaryl/α,β-unsaturated/α-hetero) is 1. The highest BCUT2D eigenvalue weighted by Crippen LogP contribution is 2.24. The number of hydrogen-bond acceptors (Lipinski definition) is 5. The van der Waals surface area contributed by atoms with Crippen LogP contribution >= 0.6 is 23.5 Å². The molecule has 0 atom stereocenters. The van der Waals surface area contributed by atoms with Gasteiger partial charge in [-0.05, 0) is 66.5 Å². The van der Waals surface area contributed by atoms with Gasteiger partial charge in [-0.2, -0.15) is 0 Å². The van der Waals surface area contributed by atoms with Gasteiger partial charge in [0.2, 0.25) is 5.78 Å². The summed E-state index contributed by atoms with van der Waals surface area (Å²) in [4.78, 5) is 25.8. The molecule has 0 aliphatic carbocycles. The summed E-state index contributed by atoms with van der Waals surface area (Å²) >= 11 is 2.57. The third kappa shape index (κ3) is 3.65. The minimum absolute atomic E-state index is 0.359. The molecule has 2 N–H and O–H groups in total. The van der Waals surface area contributed by atoms with Crippen molar-refractivity contribution in [3.63, 3.8) is 0 Å². The summed E-state index contributed by atoms with van der Waals surface area (Å²) in [5, 5.41) is -0.494. The van der Waals surface area contributed by atoms with Gasteiger partial charge in [0.25, 0.3) is 5.12 Å². The molecule has 2 rings (SSSR count). The Morgan fingerprint density at radius 3 is 2.00 bits per heavy atom. The van der Waals surface area contributed by atoms with E-state index in [2.05, 4.69) is 0 Å². The number of benzene rings is 2. The van der Waals surface area contributed by atoms with Gasteiger partial charge in [0.15, 0.2) is 0 Å². The zero-order valence-electron chi connectivity index (χ0n) is 10.8. The van der Waals surface area contributed by atoms with Crippen molar-refractivity contribution in [3.8, 4) is 0 Å². The molecule has 0 spiro atoms. The topological polar surface area (TPSA) is 60.2 Å². The van der Waals surface area contributed by atoms with Crippen molar-refractivity contribution in [2.24, 2.45) is 0 Å². The van der Waals surface area contributed by atoms with Crippen molar-refractivity contribution in [3.05, 3.63) is 54.1 Å². The van der Waals surface area contributed by atoms with E-state index < -0.39 is 10.9 Å². The minimum Gasteiger partial charge on any atom is -0.399 e. The number of nitrogens with two attached hydrogens (primary N) is 1. The predicted octanol–water partition coefficient (Wildman–Crippen LogP) is 3.49. The van der Waals surface area contributed by atoms with E-state index >= 15 is 0 Å². The lowest BCUT2D eigenvalue weighted by Crippen LogP contribution is -2.10. The number of carbonyl (C=O) groups is 2. The first-order chi connectivity index (χ1) is 9.60. The Kier molecular flexibility index (Phi) is 4.87. The van der Waals surface area contributed by atoms with E-state index in [0.29, 0.717) is 11.3 Å². The van der Waals surface area contributed by atoms with Crippen LogP contribution in [0.25, 0.3) is 0 Å². The Labute approximate surface area is 125 Å². The first-order valence-corrected chi connectivity index (χ1v) is 7.90. The van der Waals surface area contributed by atoms with Crippen LogP contribution in [0.1, 0.15) is 10.4 Å². The zero-order chi connectivity index (χ0) is 14.5. The average Bonchev–Trinajstić information content (AvgIpc) is 2.48. The zero-order valence-corrected chi connectivity index (χ0v) is 12.5. The van der Waals surface area contributed by atoms with Gasteiger partial charge in [-0.15, -0.1) is 11.8 Å². The normalized spacial score (nSPS) is 10.2. The fourth-order valence-corrected chi connectivity index (χ4v) is 2.65. The maximum atomic E-state index is 12.0. The molecule has 0 amide bonds. The first-order valence-electron chi connectivity index (χ1n) is 5.86. The van der Waals surface area contributed by atoms with Gasteiger partial charge in [0.1, 0.15) is 0 Å². The smallest absolute Gasteiger partial charge is 0.264 e. The highest BCUT2D eigenvalue weighted by Gasteiger charge is 2.17. The van der Waals surface area contributed by atoms with E-state index in [1.165, 1.54) is 0 Å². The van der Waals surface area contributed by atoms with E-state index in [0.717, 1.165) is 21.6 Å². The van der Waals surface area contributed by atoms with Gasteiger partial charge in [0.05, 0.1) is 0 Å². The van der Waals surface area contributed by atoms with Gasteiger partial charge in [0, 0.05) is 21.0 Å². The van der Waals surface area contributed by atoms with Gasteiger partial charge in [-0.3, -0.25) is 9.59 Å². The van der Waals surface area contributed by atoms with E-state index in [1.807, 2.05) is 30.5 Å². The number of thioether (sulfide) groups is 2. The Hall–Kier alpha value is -1.72. The molecule has 0 fully saturated rings. The molecule has 3 nitrogen and oxygen atoms in total. The number of anilines is 1. The molecule has 0 saturated carbocycles. The van der Waals surface area contributed by atoms with E-state index in [9.17, 15) is 9.59 Å². The molecular weight excluding hydrogens is 290 g/mol. The Morgan fingerprint density at radius 2 is 1.45 bits per heavy atom. The molecule has 0 saturated heterocycles. The third-order valence-electron chi connectivity index (χ3n) is 2.63. The minimum atomic E-state index is -0.510. The third-order valence-corrected chi connectivity index (χ3v) is 4.25. The second kappa shape index (κ2) is 6.63. The van der Waals surface area contributed by atoms with E-state index in [-0.39, 0.29) is 0 Å². The Morgan fingerprint density at radius 1 is 0.900 bits per heavy atom. The summed E-state index contributed by atoms with van der Waals surface area (Å²) in [7, 11) is 0. The Bertz CT molecular complexity index is 621. The molecule has 0 aromatic heterocycles. The molecular formula is C15H13NO2S2. The fourth-order valence-electron chi connectivity index (χ4n) is 1.55. The van der Waals surface area contributed by atoms with Gasteiger partial charge in [-0.1, -0.05) is 0 Å². The highest BCUT2D eigenvalue weighted by molar-refractivity contribution is 8.15. The maximum Gasteiger partial charge on any atom is 0.264 e. The molecule has 0 heterocycles. The van der Waals surface area contributed by atoms with Gasteiger partial charge in [-0.25, -0.2) is 0 Å².